The number of esters is 1. The lowest BCUT2D eigenvalue weighted by molar-refractivity contribution is 0.0518. The fourth-order valence-corrected chi connectivity index (χ4v) is 4.09. The van der Waals surface area contributed by atoms with Gasteiger partial charge in [-0.25, -0.2) is 9.48 Å². The van der Waals surface area contributed by atoms with Gasteiger partial charge in [0, 0.05) is 28.0 Å². The van der Waals surface area contributed by atoms with Crippen molar-refractivity contribution >= 4 is 17.7 Å². The zero-order chi connectivity index (χ0) is 17.4. The van der Waals surface area contributed by atoms with Crippen molar-refractivity contribution in [3.8, 4) is 16.9 Å². The molecule has 5 nitrogen and oxygen atoms in total. The van der Waals surface area contributed by atoms with Crippen LogP contribution in [0.3, 0.4) is 0 Å². The predicted molar refractivity (Wildman–Crippen MR) is 97.0 cm³/mol. The maximum atomic E-state index is 12.4. The molecule has 0 unspecified atom stereocenters. The highest BCUT2D eigenvalue weighted by atomic mass is 32.2. The van der Waals surface area contributed by atoms with Gasteiger partial charge in [0.25, 0.3) is 0 Å². The second kappa shape index (κ2) is 6.37. The van der Waals surface area contributed by atoms with E-state index in [-0.39, 0.29) is 5.97 Å². The third-order valence-electron chi connectivity index (χ3n) is 4.21. The molecular weight excluding hydrogens is 334 g/mol. The Balaban J connectivity index is 2.00. The molecule has 6 heteroatoms. The minimum absolute atomic E-state index is 0.329. The molecule has 0 spiro atoms. The molecule has 25 heavy (non-hydrogen) atoms. The summed E-state index contributed by atoms with van der Waals surface area (Å²) in [5.41, 5.74) is 5.27. The first kappa shape index (κ1) is 15.9. The summed E-state index contributed by atoms with van der Waals surface area (Å²) in [5.74, 6) is 0.318. The van der Waals surface area contributed by atoms with Gasteiger partial charge in [0.1, 0.15) is 0 Å². The van der Waals surface area contributed by atoms with Crippen LogP contribution in [0, 0.1) is 6.92 Å². The van der Waals surface area contributed by atoms with E-state index in [4.69, 9.17) is 4.74 Å². The number of aromatic nitrogens is 3. The number of benzene rings is 1. The van der Waals surface area contributed by atoms with Gasteiger partial charge < -0.3 is 4.74 Å². The lowest BCUT2D eigenvalue weighted by atomic mass is 10.1. The molecule has 0 amide bonds. The van der Waals surface area contributed by atoms with E-state index in [9.17, 15) is 4.79 Å². The molecule has 2 aromatic heterocycles. The third kappa shape index (κ3) is 2.62. The second-order valence-electron chi connectivity index (χ2n) is 5.76. The van der Waals surface area contributed by atoms with E-state index >= 15 is 0 Å². The number of rotatable bonds is 3. The Bertz CT molecular complexity index is 965. The summed E-state index contributed by atoms with van der Waals surface area (Å²) in [6.45, 7) is 4.14. The molecule has 0 bridgehead atoms. The summed E-state index contributed by atoms with van der Waals surface area (Å²) in [6, 6.07) is 10.1. The third-order valence-corrected chi connectivity index (χ3v) is 5.31. The largest absolute Gasteiger partial charge is 0.461 e. The van der Waals surface area contributed by atoms with Crippen LogP contribution in [0.1, 0.15) is 28.5 Å². The molecule has 1 aromatic carbocycles. The number of ether oxygens (including phenoxy) is 1. The summed E-state index contributed by atoms with van der Waals surface area (Å²) in [5, 5.41) is 4.63. The summed E-state index contributed by atoms with van der Waals surface area (Å²) in [7, 11) is 0. The smallest absolute Gasteiger partial charge is 0.359 e. The Morgan fingerprint density at radius 3 is 2.96 bits per heavy atom. The van der Waals surface area contributed by atoms with Crippen molar-refractivity contribution in [3.63, 3.8) is 0 Å². The van der Waals surface area contributed by atoms with Gasteiger partial charge in [0.15, 0.2) is 5.69 Å². The maximum absolute atomic E-state index is 12.4. The van der Waals surface area contributed by atoms with Crippen LogP contribution in [0.4, 0.5) is 0 Å². The molecule has 0 atom stereocenters. The number of pyridine rings is 1. The van der Waals surface area contributed by atoms with E-state index in [2.05, 4.69) is 22.2 Å². The molecule has 3 aromatic rings. The molecule has 0 N–H and O–H groups in total. The first-order valence-corrected chi connectivity index (χ1v) is 9.11. The zero-order valence-electron chi connectivity index (χ0n) is 14.0. The Morgan fingerprint density at radius 2 is 2.16 bits per heavy atom. The summed E-state index contributed by atoms with van der Waals surface area (Å²) >= 11 is 1.72. The van der Waals surface area contributed by atoms with Crippen molar-refractivity contribution in [1.29, 1.82) is 0 Å². The number of fused-ring (bicyclic) bond motifs is 3. The van der Waals surface area contributed by atoms with Gasteiger partial charge in [-0.05, 0) is 31.5 Å². The predicted octanol–water partition coefficient (Wildman–Crippen LogP) is 4.03. The van der Waals surface area contributed by atoms with E-state index in [1.807, 2.05) is 29.8 Å². The molecule has 126 valence electrons. The van der Waals surface area contributed by atoms with Crippen molar-refractivity contribution in [2.24, 2.45) is 0 Å². The van der Waals surface area contributed by atoms with Crippen LogP contribution in [-0.2, 0) is 10.5 Å². The summed E-state index contributed by atoms with van der Waals surface area (Å²) < 4.78 is 7.06. The average Bonchev–Trinajstić information content (AvgIpc) is 3.02. The molecule has 1 aliphatic rings. The SMILES string of the molecule is CCOC(=O)c1nn(-c2cnccc2C)c2c1CSc1ccccc1-2. The van der Waals surface area contributed by atoms with Gasteiger partial charge in [0.2, 0.25) is 0 Å². The number of hydrogen-bond donors (Lipinski definition) is 0. The van der Waals surface area contributed by atoms with Gasteiger partial charge in [0.05, 0.1) is 24.2 Å². The molecule has 4 rings (SSSR count). The highest BCUT2D eigenvalue weighted by Crippen LogP contribution is 2.43. The van der Waals surface area contributed by atoms with Crippen molar-refractivity contribution in [2.45, 2.75) is 24.5 Å². The molecule has 0 radical (unpaired) electrons. The molecule has 0 saturated heterocycles. The van der Waals surface area contributed by atoms with Gasteiger partial charge >= 0.3 is 5.97 Å². The number of carbonyl (C=O) groups is 1. The minimum Gasteiger partial charge on any atom is -0.461 e. The Morgan fingerprint density at radius 1 is 1.32 bits per heavy atom. The molecule has 1 aliphatic heterocycles. The number of aryl methyl sites for hydroxylation is 1. The average molecular weight is 351 g/mol. The van der Waals surface area contributed by atoms with Crippen LogP contribution in [-0.4, -0.2) is 27.3 Å². The Labute approximate surface area is 150 Å². The zero-order valence-corrected chi connectivity index (χ0v) is 14.8. The highest BCUT2D eigenvalue weighted by molar-refractivity contribution is 7.98. The molecule has 0 aliphatic carbocycles. The van der Waals surface area contributed by atoms with Gasteiger partial charge in [-0.1, -0.05) is 18.2 Å². The van der Waals surface area contributed by atoms with Crippen LogP contribution in [0.15, 0.2) is 47.6 Å². The monoisotopic (exact) mass is 351 g/mol. The van der Waals surface area contributed by atoms with Crippen molar-refractivity contribution in [1.82, 2.24) is 14.8 Å². The normalized spacial score (nSPS) is 12.4. The van der Waals surface area contributed by atoms with Crippen LogP contribution in [0.5, 0.6) is 0 Å². The Kier molecular flexibility index (Phi) is 4.05. The Hall–Kier alpha value is -2.60. The molecule has 0 saturated carbocycles. The highest BCUT2D eigenvalue weighted by Gasteiger charge is 2.30. The van der Waals surface area contributed by atoms with Crippen LogP contribution in [0.25, 0.3) is 16.9 Å². The first-order chi connectivity index (χ1) is 12.2. The fraction of sp³-hybridized carbons (Fsp3) is 0.211. The van der Waals surface area contributed by atoms with Gasteiger partial charge in [-0.15, -0.1) is 11.8 Å². The van der Waals surface area contributed by atoms with E-state index in [1.165, 1.54) is 4.90 Å². The van der Waals surface area contributed by atoms with E-state index in [0.717, 1.165) is 28.1 Å². The van der Waals surface area contributed by atoms with Crippen molar-refractivity contribution < 1.29 is 9.53 Å². The van der Waals surface area contributed by atoms with Crippen LogP contribution < -0.4 is 0 Å². The fourth-order valence-electron chi connectivity index (χ4n) is 3.02. The van der Waals surface area contributed by atoms with Crippen LogP contribution in [0.2, 0.25) is 0 Å². The van der Waals surface area contributed by atoms with E-state index < -0.39 is 0 Å². The van der Waals surface area contributed by atoms with E-state index in [0.29, 0.717) is 18.1 Å². The number of carbonyl (C=O) groups excluding carboxylic acids is 1. The number of hydrogen-bond acceptors (Lipinski definition) is 5. The number of nitrogens with zero attached hydrogens (tertiary/aromatic N) is 3. The van der Waals surface area contributed by atoms with Crippen LogP contribution >= 0.6 is 11.8 Å². The number of thioether (sulfide) groups is 1. The topological polar surface area (TPSA) is 57.0 Å². The van der Waals surface area contributed by atoms with Gasteiger partial charge in [-0.2, -0.15) is 5.10 Å². The van der Waals surface area contributed by atoms with Crippen molar-refractivity contribution in [3.05, 3.63) is 59.5 Å². The quantitative estimate of drug-likeness (QED) is 0.667. The van der Waals surface area contributed by atoms with Gasteiger partial charge in [-0.3, -0.25) is 4.98 Å². The lowest BCUT2D eigenvalue weighted by Gasteiger charge is -2.18. The van der Waals surface area contributed by atoms with E-state index in [1.54, 1.807) is 31.1 Å². The molecular formula is C19H17N3O2S. The standard InChI is InChI=1S/C19H17N3O2S/c1-3-24-19(23)17-14-11-25-16-7-5-4-6-13(16)18(14)22(21-17)15-10-20-9-8-12(15)2/h4-10H,3,11H2,1-2H3. The van der Waals surface area contributed by atoms with Crippen molar-refractivity contribution in [2.75, 3.05) is 6.61 Å². The minimum atomic E-state index is -0.376. The molecule has 0 fully saturated rings. The molecule has 3 heterocycles. The first-order valence-electron chi connectivity index (χ1n) is 8.13. The summed E-state index contributed by atoms with van der Waals surface area (Å²) in [6.07, 6.45) is 3.53. The summed E-state index contributed by atoms with van der Waals surface area (Å²) in [4.78, 5) is 17.9. The second-order valence-corrected chi connectivity index (χ2v) is 6.77. The lowest BCUT2D eigenvalue weighted by Crippen LogP contribution is -2.08. The maximum Gasteiger partial charge on any atom is 0.359 e.